The molecule has 0 aliphatic rings. The van der Waals surface area contributed by atoms with E-state index < -0.39 is 48.9 Å². The summed E-state index contributed by atoms with van der Waals surface area (Å²) < 4.78 is 80.4. The number of hydrogen-bond donors (Lipinski definition) is 1. The SMILES string of the molecule is [2H]C([2H])([2H])C(c1cc(C(C)(C)C)c(N)cc1OC(=O)OC)(C([2H])([2H])[2H])C([2H])([2H])[2H]. The largest absolute Gasteiger partial charge is 0.513 e. The molecule has 0 aliphatic heterocycles. The molecule has 0 fully saturated rings. The maximum Gasteiger partial charge on any atom is 0.513 e. The van der Waals surface area contributed by atoms with E-state index in [0.717, 1.165) is 19.2 Å². The number of nitrogen functional groups attached to an aromatic ring is 1. The maximum atomic E-state index is 11.7. The molecule has 4 heteroatoms. The van der Waals surface area contributed by atoms with E-state index >= 15 is 0 Å². The predicted octanol–water partition coefficient (Wildman–Crippen LogP) is 4.01. The van der Waals surface area contributed by atoms with Gasteiger partial charge in [-0.05, 0) is 22.5 Å². The molecule has 0 amide bonds. The third-order valence-electron chi connectivity index (χ3n) is 2.72. The van der Waals surface area contributed by atoms with Crippen molar-refractivity contribution in [3.63, 3.8) is 0 Å². The Bertz CT molecular complexity index is 738. The lowest BCUT2D eigenvalue weighted by Gasteiger charge is -2.28. The minimum absolute atomic E-state index is 0.0654. The predicted molar refractivity (Wildman–Crippen MR) is 81.3 cm³/mol. The molecular formula is C16H25NO3. The van der Waals surface area contributed by atoms with Crippen LogP contribution in [0.2, 0.25) is 0 Å². The van der Waals surface area contributed by atoms with Crippen LogP contribution < -0.4 is 10.5 Å². The fourth-order valence-electron chi connectivity index (χ4n) is 1.75. The van der Waals surface area contributed by atoms with Crippen LogP contribution in [0.25, 0.3) is 0 Å². The van der Waals surface area contributed by atoms with Gasteiger partial charge in [0.15, 0.2) is 0 Å². The summed E-state index contributed by atoms with van der Waals surface area (Å²) in [6, 6.07) is 2.13. The van der Waals surface area contributed by atoms with E-state index in [2.05, 4.69) is 4.74 Å². The van der Waals surface area contributed by atoms with Crippen LogP contribution >= 0.6 is 0 Å². The molecule has 2 N–H and O–H groups in total. The first-order valence-electron chi connectivity index (χ1n) is 10.4. The zero-order valence-corrected chi connectivity index (χ0v) is 12.0. The number of nitrogens with two attached hydrogens (primary N) is 1. The summed E-state index contributed by atoms with van der Waals surface area (Å²) in [5.41, 5.74) is 1.62. The van der Waals surface area contributed by atoms with Gasteiger partial charge in [0.25, 0.3) is 0 Å². The molecule has 0 aromatic heterocycles. The van der Waals surface area contributed by atoms with Gasteiger partial charge in [-0.3, -0.25) is 0 Å². The van der Waals surface area contributed by atoms with Gasteiger partial charge in [-0.25, -0.2) is 4.79 Å². The summed E-state index contributed by atoms with van der Waals surface area (Å²) in [5.74, 6) is -0.606. The van der Waals surface area contributed by atoms with Gasteiger partial charge in [-0.15, -0.1) is 0 Å². The number of hydrogen-bond acceptors (Lipinski definition) is 4. The maximum absolute atomic E-state index is 11.7. The average molecular weight is 288 g/mol. The van der Waals surface area contributed by atoms with E-state index in [0.29, 0.717) is 5.56 Å². The van der Waals surface area contributed by atoms with Gasteiger partial charge in [-0.2, -0.15) is 0 Å². The average Bonchev–Trinajstić information content (AvgIpc) is 2.43. The monoisotopic (exact) mass is 288 g/mol. The highest BCUT2D eigenvalue weighted by atomic mass is 16.7. The number of benzene rings is 1. The van der Waals surface area contributed by atoms with Crippen LogP contribution in [-0.4, -0.2) is 13.3 Å². The lowest BCUT2D eigenvalue weighted by atomic mass is 9.79. The standard InChI is InChI=1S/C16H25NO3/c1-15(2,3)10-8-11(16(4,5)6)13(9-12(10)17)20-14(18)19-7/h8-9H,17H2,1-7H3/i4D3,5D3,6D3. The van der Waals surface area contributed by atoms with Gasteiger partial charge in [0.2, 0.25) is 0 Å². The van der Waals surface area contributed by atoms with Crippen molar-refractivity contribution in [2.75, 3.05) is 12.8 Å². The Labute approximate surface area is 133 Å². The third-order valence-corrected chi connectivity index (χ3v) is 2.72. The van der Waals surface area contributed by atoms with Crippen molar-refractivity contribution < 1.29 is 26.6 Å². The van der Waals surface area contributed by atoms with Crippen LogP contribution in [0.5, 0.6) is 5.75 Å². The van der Waals surface area contributed by atoms with Crippen molar-refractivity contribution in [2.45, 2.75) is 52.2 Å². The van der Waals surface area contributed by atoms with Crippen molar-refractivity contribution in [1.29, 1.82) is 0 Å². The Hall–Kier alpha value is -1.71. The van der Waals surface area contributed by atoms with E-state index in [1.54, 1.807) is 20.8 Å². The van der Waals surface area contributed by atoms with Crippen LogP contribution in [0.3, 0.4) is 0 Å². The van der Waals surface area contributed by atoms with Gasteiger partial charge in [-0.1, -0.05) is 41.3 Å². The van der Waals surface area contributed by atoms with Crippen LogP contribution in [0.1, 0.15) is 64.8 Å². The molecule has 0 unspecified atom stereocenters. The van der Waals surface area contributed by atoms with Crippen LogP contribution in [0.4, 0.5) is 10.5 Å². The number of ether oxygens (including phenoxy) is 2. The Morgan fingerprint density at radius 2 is 1.75 bits per heavy atom. The second-order valence-electron chi connectivity index (χ2n) is 5.49. The number of carbonyl (C=O) groups is 1. The number of carbonyl (C=O) groups excluding carboxylic acids is 1. The topological polar surface area (TPSA) is 61.5 Å². The Kier molecular flexibility index (Phi) is 1.96. The second kappa shape index (κ2) is 5.35. The van der Waals surface area contributed by atoms with E-state index in [1.165, 1.54) is 0 Å². The quantitative estimate of drug-likeness (QED) is 0.482. The molecule has 0 spiro atoms. The summed E-state index contributed by atoms with van der Waals surface area (Å²) >= 11 is 0. The smallest absolute Gasteiger partial charge is 0.437 e. The van der Waals surface area contributed by atoms with Crippen molar-refractivity contribution in [1.82, 2.24) is 0 Å². The third kappa shape index (κ3) is 3.65. The molecule has 20 heavy (non-hydrogen) atoms. The molecule has 0 saturated heterocycles. The van der Waals surface area contributed by atoms with Crippen LogP contribution in [-0.2, 0) is 15.6 Å². The zero-order chi connectivity index (χ0) is 23.2. The molecule has 0 bridgehead atoms. The van der Waals surface area contributed by atoms with E-state index in [-0.39, 0.29) is 5.69 Å². The first kappa shape index (κ1) is 7.34. The fraction of sp³-hybridized carbons (Fsp3) is 0.562. The summed E-state index contributed by atoms with van der Waals surface area (Å²) in [6.07, 6.45) is -1.29. The van der Waals surface area contributed by atoms with Crippen molar-refractivity contribution in [3.8, 4) is 5.75 Å². The number of methoxy groups -OCH3 is 1. The van der Waals surface area contributed by atoms with Crippen LogP contribution in [0.15, 0.2) is 12.1 Å². The van der Waals surface area contributed by atoms with Crippen molar-refractivity contribution in [2.24, 2.45) is 0 Å². The molecule has 0 radical (unpaired) electrons. The Morgan fingerprint density at radius 1 is 1.15 bits per heavy atom. The van der Waals surface area contributed by atoms with Gasteiger partial charge in [0.05, 0.1) is 7.11 Å². The first-order valence-corrected chi connectivity index (χ1v) is 5.92. The van der Waals surface area contributed by atoms with Crippen molar-refractivity contribution >= 4 is 11.8 Å². The van der Waals surface area contributed by atoms with E-state index in [9.17, 15) is 4.79 Å². The minimum atomic E-state index is -3.52. The molecule has 0 aliphatic carbocycles. The van der Waals surface area contributed by atoms with Gasteiger partial charge in [0, 0.05) is 29.7 Å². The highest BCUT2D eigenvalue weighted by Crippen LogP contribution is 2.39. The first-order chi connectivity index (χ1) is 12.7. The number of rotatable bonds is 1. The van der Waals surface area contributed by atoms with Gasteiger partial charge >= 0.3 is 6.16 Å². The lowest BCUT2D eigenvalue weighted by Crippen LogP contribution is -2.20. The molecule has 1 aromatic carbocycles. The lowest BCUT2D eigenvalue weighted by molar-refractivity contribution is 0.120. The Morgan fingerprint density at radius 3 is 2.20 bits per heavy atom. The molecule has 0 atom stereocenters. The summed E-state index contributed by atoms with van der Waals surface area (Å²) in [6.45, 7) is -5.39. The molecule has 1 aromatic rings. The molecule has 0 heterocycles. The van der Waals surface area contributed by atoms with E-state index in [1.807, 2.05) is 0 Å². The van der Waals surface area contributed by atoms with Crippen molar-refractivity contribution in [3.05, 3.63) is 23.3 Å². The van der Waals surface area contributed by atoms with Gasteiger partial charge < -0.3 is 15.2 Å². The number of anilines is 1. The highest BCUT2D eigenvalue weighted by Gasteiger charge is 2.26. The molecule has 1 rings (SSSR count). The molecule has 112 valence electrons. The summed E-state index contributed by atoms with van der Waals surface area (Å²) in [5, 5.41) is 0. The normalized spacial score (nSPS) is 20.7. The molecule has 0 saturated carbocycles. The minimum Gasteiger partial charge on any atom is -0.437 e. The Balaban J connectivity index is 4.24. The zero-order valence-electron chi connectivity index (χ0n) is 21.0. The summed E-state index contributed by atoms with van der Waals surface area (Å²) in [7, 11) is 0.986. The van der Waals surface area contributed by atoms with Crippen LogP contribution in [0, 0.1) is 0 Å². The fourth-order valence-corrected chi connectivity index (χ4v) is 1.75. The van der Waals surface area contributed by atoms with Gasteiger partial charge in [0.1, 0.15) is 5.75 Å². The molecular weight excluding hydrogens is 254 g/mol. The summed E-state index contributed by atoms with van der Waals surface area (Å²) in [4.78, 5) is 11.7. The second-order valence-corrected chi connectivity index (χ2v) is 5.49. The molecule has 4 nitrogen and oxygen atoms in total. The van der Waals surface area contributed by atoms with E-state index in [4.69, 9.17) is 22.8 Å². The highest BCUT2D eigenvalue weighted by molar-refractivity contribution is 5.67.